The van der Waals surface area contributed by atoms with Crippen molar-refractivity contribution in [1.29, 1.82) is 0 Å². The third kappa shape index (κ3) is 4.61. The molecule has 5 nitrogen and oxygen atoms in total. The van der Waals surface area contributed by atoms with Crippen molar-refractivity contribution < 1.29 is 0 Å². The van der Waals surface area contributed by atoms with Crippen LogP contribution >= 0.6 is 12.6 Å². The van der Waals surface area contributed by atoms with Gasteiger partial charge in [-0.15, -0.1) is 12.6 Å². The number of benzene rings is 1. The van der Waals surface area contributed by atoms with Crippen LogP contribution in [0.15, 0.2) is 52.4 Å². The highest BCUT2D eigenvalue weighted by Crippen LogP contribution is 2.30. The van der Waals surface area contributed by atoms with E-state index in [1.54, 1.807) is 0 Å². The minimum absolute atomic E-state index is 0.0000699. The second-order valence-corrected chi connectivity index (χ2v) is 10.0. The molecule has 1 aromatic heterocycles. The predicted molar refractivity (Wildman–Crippen MR) is 128 cm³/mol. The molecule has 2 N–H and O–H groups in total. The van der Waals surface area contributed by atoms with Crippen LogP contribution in [0.25, 0.3) is 11.0 Å². The molecule has 2 atom stereocenters. The van der Waals surface area contributed by atoms with E-state index in [0.717, 1.165) is 43.4 Å². The van der Waals surface area contributed by atoms with Crippen LogP contribution in [-0.2, 0) is 0 Å². The van der Waals surface area contributed by atoms with Gasteiger partial charge in [0.15, 0.2) is 0 Å². The molecule has 6 heteroatoms. The number of imidazole rings is 1. The molecule has 2 heterocycles. The number of hydrogen-bond donors (Lipinski definition) is 3. The number of aromatic nitrogens is 2. The number of allylic oxidation sites excluding steroid dienone is 3. The second kappa shape index (κ2) is 8.77. The molecule has 2 aliphatic rings. The summed E-state index contributed by atoms with van der Waals surface area (Å²) in [6.45, 7) is 8.44. The minimum atomic E-state index is -0.365. The van der Waals surface area contributed by atoms with Gasteiger partial charge in [-0.05, 0) is 65.0 Å². The number of nitrogens with one attached hydrogen (secondary N) is 2. The van der Waals surface area contributed by atoms with Crippen molar-refractivity contribution in [2.24, 2.45) is 0 Å². The smallest absolute Gasteiger partial charge is 0.306 e. The summed E-state index contributed by atoms with van der Waals surface area (Å²) in [7, 11) is 0. The highest BCUT2D eigenvalue weighted by Gasteiger charge is 2.33. The fourth-order valence-corrected chi connectivity index (χ4v) is 5.37. The largest absolute Gasteiger partial charge is 0.326 e. The third-order valence-electron chi connectivity index (χ3n) is 6.60. The van der Waals surface area contributed by atoms with Gasteiger partial charge < -0.3 is 4.98 Å². The van der Waals surface area contributed by atoms with E-state index in [1.165, 1.54) is 24.0 Å². The molecule has 0 amide bonds. The molecular formula is C24H34N4OS. The lowest BCUT2D eigenvalue weighted by atomic mass is 9.95. The second-order valence-electron chi connectivity index (χ2n) is 9.14. The Morgan fingerprint density at radius 1 is 1.23 bits per heavy atom. The molecule has 0 radical (unpaired) electrons. The van der Waals surface area contributed by atoms with Gasteiger partial charge in [-0.25, -0.2) is 4.79 Å². The Hall–Kier alpha value is -1.76. The number of hydrogen-bond acceptors (Lipinski definition) is 4. The van der Waals surface area contributed by atoms with E-state index in [-0.39, 0.29) is 16.7 Å². The van der Waals surface area contributed by atoms with Crippen LogP contribution in [0.5, 0.6) is 0 Å². The molecule has 4 rings (SSSR count). The third-order valence-corrected chi connectivity index (χ3v) is 7.01. The van der Waals surface area contributed by atoms with E-state index in [1.807, 2.05) is 28.8 Å². The molecule has 1 saturated heterocycles. The van der Waals surface area contributed by atoms with Crippen molar-refractivity contribution in [3.63, 3.8) is 0 Å². The van der Waals surface area contributed by atoms with E-state index in [4.69, 9.17) is 12.6 Å². The molecule has 1 aliphatic heterocycles. The Morgan fingerprint density at radius 2 is 1.97 bits per heavy atom. The van der Waals surface area contributed by atoms with Crippen LogP contribution in [0, 0.1) is 0 Å². The maximum absolute atomic E-state index is 12.5. The summed E-state index contributed by atoms with van der Waals surface area (Å²) in [5, 5.41) is 3.73. The summed E-state index contributed by atoms with van der Waals surface area (Å²) >= 11 is 4.99. The van der Waals surface area contributed by atoms with E-state index < -0.39 is 0 Å². The van der Waals surface area contributed by atoms with Gasteiger partial charge in [-0.3, -0.25) is 14.8 Å². The van der Waals surface area contributed by atoms with Crippen LogP contribution < -0.4 is 11.0 Å². The maximum Gasteiger partial charge on any atom is 0.326 e. The predicted octanol–water partition coefficient (Wildman–Crippen LogP) is 4.60. The fourth-order valence-electron chi connectivity index (χ4n) is 4.95. The van der Waals surface area contributed by atoms with Gasteiger partial charge >= 0.3 is 5.69 Å². The number of para-hydroxylation sites is 2. The average Bonchev–Trinajstić information content (AvgIpc) is 3.05. The summed E-state index contributed by atoms with van der Waals surface area (Å²) in [5.74, 6) is 0. The molecule has 2 aromatic rings. The maximum atomic E-state index is 12.5. The topological polar surface area (TPSA) is 53.1 Å². The zero-order valence-electron chi connectivity index (χ0n) is 18.3. The number of fused-ring (bicyclic) bond motifs is 1. The minimum Gasteiger partial charge on any atom is -0.306 e. The summed E-state index contributed by atoms with van der Waals surface area (Å²) in [6, 6.07) is 8.55. The van der Waals surface area contributed by atoms with E-state index in [9.17, 15) is 4.79 Å². The number of piperidine rings is 1. The van der Waals surface area contributed by atoms with Gasteiger partial charge in [0.1, 0.15) is 4.99 Å². The van der Waals surface area contributed by atoms with Gasteiger partial charge in [0.05, 0.1) is 11.0 Å². The van der Waals surface area contributed by atoms with Crippen molar-refractivity contribution >= 4 is 23.7 Å². The summed E-state index contributed by atoms with van der Waals surface area (Å²) < 4.78 is 1.95. The van der Waals surface area contributed by atoms with E-state index in [0.29, 0.717) is 6.04 Å². The van der Waals surface area contributed by atoms with Crippen LogP contribution in [-0.4, -0.2) is 38.6 Å². The van der Waals surface area contributed by atoms with Crippen molar-refractivity contribution in [2.45, 2.75) is 70.0 Å². The lowest BCUT2D eigenvalue weighted by molar-refractivity contribution is 0.0955. The molecule has 2 unspecified atom stereocenters. The standard InChI is InChI=1S/C24H34N4OS/c1-17-8-10-19(11-9-17)16-18(2)26-24(3,30)27-14-12-20(13-15-27)28-22-7-5-4-6-21(22)25-23(28)29/h4-8,10,18,20,26,30H,9,11-16H2,1-3H3,(H,25,29). The molecule has 1 fully saturated rings. The number of nitrogens with zero attached hydrogens (tertiary/aromatic N) is 2. The summed E-state index contributed by atoms with van der Waals surface area (Å²) in [4.78, 5) is 17.6. The lowest BCUT2D eigenvalue weighted by Gasteiger charge is -2.44. The summed E-state index contributed by atoms with van der Waals surface area (Å²) in [5.41, 5.74) is 4.91. The molecule has 0 spiro atoms. The van der Waals surface area contributed by atoms with Crippen molar-refractivity contribution in [1.82, 2.24) is 19.8 Å². The quantitative estimate of drug-likeness (QED) is 0.467. The Labute approximate surface area is 184 Å². The first-order valence-corrected chi connectivity index (χ1v) is 11.6. The normalized spacial score (nSPS) is 21.9. The van der Waals surface area contributed by atoms with Gasteiger partial charge in [0.25, 0.3) is 0 Å². The molecular weight excluding hydrogens is 392 g/mol. The van der Waals surface area contributed by atoms with E-state index >= 15 is 0 Å². The average molecular weight is 427 g/mol. The van der Waals surface area contributed by atoms with Gasteiger partial charge in [0, 0.05) is 25.2 Å². The number of rotatable bonds is 6. The Bertz CT molecular complexity index is 1010. The van der Waals surface area contributed by atoms with E-state index in [2.05, 4.69) is 48.1 Å². The van der Waals surface area contributed by atoms with Gasteiger partial charge in [-0.1, -0.05) is 35.4 Å². The first-order chi connectivity index (χ1) is 14.3. The molecule has 30 heavy (non-hydrogen) atoms. The fraction of sp³-hybridized carbons (Fsp3) is 0.542. The van der Waals surface area contributed by atoms with Crippen LogP contribution in [0.2, 0.25) is 0 Å². The Kier molecular flexibility index (Phi) is 6.28. The molecule has 0 saturated carbocycles. The summed E-state index contributed by atoms with van der Waals surface area (Å²) in [6.07, 6.45) is 9.84. The van der Waals surface area contributed by atoms with Crippen molar-refractivity contribution in [3.05, 3.63) is 58.0 Å². The number of H-pyrrole nitrogens is 1. The highest BCUT2D eigenvalue weighted by atomic mass is 32.1. The van der Waals surface area contributed by atoms with Crippen molar-refractivity contribution in [3.8, 4) is 0 Å². The Balaban J connectivity index is 1.37. The lowest BCUT2D eigenvalue weighted by Crippen LogP contribution is -2.57. The molecule has 1 aromatic carbocycles. The Morgan fingerprint density at radius 3 is 2.67 bits per heavy atom. The highest BCUT2D eigenvalue weighted by molar-refractivity contribution is 7.81. The first kappa shape index (κ1) is 21.5. The molecule has 1 aliphatic carbocycles. The molecule has 162 valence electrons. The van der Waals surface area contributed by atoms with Crippen LogP contribution in [0.3, 0.4) is 0 Å². The zero-order chi connectivity index (χ0) is 21.3. The molecule has 0 bridgehead atoms. The zero-order valence-corrected chi connectivity index (χ0v) is 19.2. The van der Waals surface area contributed by atoms with Crippen LogP contribution in [0.4, 0.5) is 0 Å². The number of aromatic amines is 1. The first-order valence-electron chi connectivity index (χ1n) is 11.1. The van der Waals surface area contributed by atoms with Gasteiger partial charge in [-0.2, -0.15) is 0 Å². The van der Waals surface area contributed by atoms with Gasteiger partial charge in [0.2, 0.25) is 0 Å². The number of likely N-dealkylation sites (tertiary alicyclic amines) is 1. The monoisotopic (exact) mass is 426 g/mol. The SMILES string of the molecule is CC1=CC=C(CC(C)NC(C)(S)N2CCC(n3c(=O)[nH]c4ccccc43)CC2)CC1. The van der Waals surface area contributed by atoms with Crippen molar-refractivity contribution in [2.75, 3.05) is 13.1 Å². The number of thiol groups is 1. The van der Waals surface area contributed by atoms with Crippen LogP contribution in [0.1, 0.15) is 58.9 Å².